The van der Waals surface area contributed by atoms with E-state index < -0.39 is 35.9 Å². The summed E-state index contributed by atoms with van der Waals surface area (Å²) in [6.07, 6.45) is 0.224. The van der Waals surface area contributed by atoms with Crippen LogP contribution in [0.25, 0.3) is 0 Å². The zero-order chi connectivity index (χ0) is 22.9. The minimum atomic E-state index is -1.20. The number of amides is 4. The summed E-state index contributed by atoms with van der Waals surface area (Å²) in [7, 11) is 1.27. The zero-order valence-corrected chi connectivity index (χ0v) is 17.5. The number of hydrogen-bond acceptors (Lipinski definition) is 7. The fourth-order valence-electron chi connectivity index (χ4n) is 3.62. The van der Waals surface area contributed by atoms with Crippen LogP contribution in [0.4, 0.5) is 10.5 Å². The molecule has 4 amide bonds. The van der Waals surface area contributed by atoms with E-state index in [9.17, 15) is 19.2 Å². The van der Waals surface area contributed by atoms with Crippen molar-refractivity contribution in [2.75, 3.05) is 25.8 Å². The van der Waals surface area contributed by atoms with Gasteiger partial charge in [-0.1, -0.05) is 6.07 Å². The van der Waals surface area contributed by atoms with Gasteiger partial charge in [-0.3, -0.25) is 14.5 Å². The third kappa shape index (κ3) is 4.07. The highest BCUT2D eigenvalue weighted by Gasteiger charge is 2.48. The molecule has 0 spiro atoms. The van der Waals surface area contributed by atoms with Gasteiger partial charge in [0.1, 0.15) is 12.1 Å². The van der Waals surface area contributed by atoms with Crippen molar-refractivity contribution in [1.29, 1.82) is 0 Å². The van der Waals surface area contributed by atoms with Crippen molar-refractivity contribution in [1.82, 2.24) is 10.2 Å². The second-order valence-corrected chi connectivity index (χ2v) is 7.64. The predicted molar refractivity (Wildman–Crippen MR) is 111 cm³/mol. The van der Waals surface area contributed by atoms with Crippen LogP contribution < -0.4 is 20.1 Å². The fourth-order valence-corrected chi connectivity index (χ4v) is 3.62. The maximum Gasteiger partial charge on any atom is 0.337 e. The number of esters is 1. The van der Waals surface area contributed by atoms with Crippen molar-refractivity contribution in [3.8, 4) is 11.5 Å². The summed E-state index contributed by atoms with van der Waals surface area (Å²) in [6.45, 7) is 1.31. The standard InChI is InChI=1S/C22H21N3O7/c1-22(10-13-3-8-16-17(9-13)32-12-31-16)20(28)25(21(29)24-22)11-18(26)23-15-6-4-14(5-7-15)19(27)30-2/h3-9H,10-12H2,1-2H3,(H,23,26)(H,24,29)/t22-/m1/s1. The Morgan fingerprint density at radius 3 is 2.56 bits per heavy atom. The molecule has 0 aliphatic carbocycles. The molecule has 10 heteroatoms. The normalized spacial score (nSPS) is 19.0. The lowest BCUT2D eigenvalue weighted by molar-refractivity contribution is -0.133. The molecule has 166 valence electrons. The molecular weight excluding hydrogens is 418 g/mol. The van der Waals surface area contributed by atoms with Crippen LogP contribution in [0.2, 0.25) is 0 Å². The number of anilines is 1. The van der Waals surface area contributed by atoms with Crippen LogP contribution in [-0.2, 0) is 20.7 Å². The number of urea groups is 1. The number of nitrogens with one attached hydrogen (secondary N) is 2. The van der Waals surface area contributed by atoms with E-state index in [1.165, 1.54) is 31.4 Å². The average Bonchev–Trinajstić information content (AvgIpc) is 3.31. The molecule has 2 aromatic rings. The molecule has 2 N–H and O–H groups in total. The van der Waals surface area contributed by atoms with E-state index in [0.29, 0.717) is 22.7 Å². The highest BCUT2D eigenvalue weighted by Crippen LogP contribution is 2.34. The molecule has 2 aromatic carbocycles. The van der Waals surface area contributed by atoms with Gasteiger partial charge in [0, 0.05) is 12.1 Å². The summed E-state index contributed by atoms with van der Waals surface area (Å²) in [5, 5.41) is 5.28. The molecule has 0 aromatic heterocycles. The Kier molecular flexibility index (Phi) is 5.43. The van der Waals surface area contributed by atoms with Gasteiger partial charge in [0.25, 0.3) is 5.91 Å². The first-order valence-corrected chi connectivity index (χ1v) is 9.80. The summed E-state index contributed by atoms with van der Waals surface area (Å²) in [4.78, 5) is 50.2. The van der Waals surface area contributed by atoms with Gasteiger partial charge in [0.2, 0.25) is 12.7 Å². The molecule has 1 fully saturated rings. The third-order valence-corrected chi connectivity index (χ3v) is 5.23. The number of ether oxygens (including phenoxy) is 3. The molecule has 32 heavy (non-hydrogen) atoms. The Morgan fingerprint density at radius 2 is 1.84 bits per heavy atom. The molecule has 0 saturated carbocycles. The lowest BCUT2D eigenvalue weighted by Crippen LogP contribution is -2.46. The van der Waals surface area contributed by atoms with Gasteiger partial charge < -0.3 is 24.8 Å². The smallest absolute Gasteiger partial charge is 0.337 e. The van der Waals surface area contributed by atoms with E-state index in [0.717, 1.165) is 10.5 Å². The summed E-state index contributed by atoms with van der Waals surface area (Å²) in [5.74, 6) is -0.345. The lowest BCUT2D eigenvalue weighted by atomic mass is 9.92. The van der Waals surface area contributed by atoms with Crippen LogP contribution in [0.15, 0.2) is 42.5 Å². The molecular formula is C22H21N3O7. The first-order chi connectivity index (χ1) is 15.3. The minimum absolute atomic E-state index is 0.139. The Morgan fingerprint density at radius 1 is 1.12 bits per heavy atom. The molecule has 0 unspecified atom stereocenters. The maximum atomic E-state index is 13.0. The maximum absolute atomic E-state index is 13.0. The summed E-state index contributed by atoms with van der Waals surface area (Å²) in [6, 6.07) is 10.7. The number of rotatable bonds is 6. The molecule has 0 bridgehead atoms. The number of hydrogen-bond donors (Lipinski definition) is 2. The summed E-state index contributed by atoms with van der Waals surface area (Å²) >= 11 is 0. The summed E-state index contributed by atoms with van der Waals surface area (Å²) < 4.78 is 15.3. The molecule has 10 nitrogen and oxygen atoms in total. The molecule has 1 saturated heterocycles. The molecule has 4 rings (SSSR count). The first kappa shape index (κ1) is 21.2. The quantitative estimate of drug-likeness (QED) is 0.519. The van der Waals surface area contributed by atoms with Crippen LogP contribution in [-0.4, -0.2) is 54.7 Å². The Balaban J connectivity index is 1.40. The van der Waals surface area contributed by atoms with Gasteiger partial charge in [-0.15, -0.1) is 0 Å². The molecule has 0 radical (unpaired) electrons. The van der Waals surface area contributed by atoms with Crippen LogP contribution in [0.1, 0.15) is 22.8 Å². The van der Waals surface area contributed by atoms with E-state index >= 15 is 0 Å². The van der Waals surface area contributed by atoms with Crippen molar-refractivity contribution in [2.24, 2.45) is 0 Å². The number of fused-ring (bicyclic) bond motifs is 1. The number of methoxy groups -OCH3 is 1. The molecule has 2 heterocycles. The predicted octanol–water partition coefficient (Wildman–Crippen LogP) is 1.69. The van der Waals surface area contributed by atoms with E-state index in [2.05, 4.69) is 15.4 Å². The molecule has 1 atom stereocenters. The molecule has 2 aliphatic heterocycles. The average molecular weight is 439 g/mol. The molecule has 2 aliphatic rings. The number of nitrogens with zero attached hydrogens (tertiary/aromatic N) is 1. The van der Waals surface area contributed by atoms with E-state index in [4.69, 9.17) is 9.47 Å². The number of benzene rings is 2. The minimum Gasteiger partial charge on any atom is -0.465 e. The fraction of sp³-hybridized carbons (Fsp3) is 0.273. The van der Waals surface area contributed by atoms with Gasteiger partial charge in [-0.05, 0) is 48.9 Å². The SMILES string of the molecule is COC(=O)c1ccc(NC(=O)CN2C(=O)N[C@](C)(Cc3ccc4c(c3)OCO4)C2=O)cc1. The van der Waals surface area contributed by atoms with Crippen LogP contribution in [0, 0.1) is 0 Å². The number of imide groups is 1. The monoisotopic (exact) mass is 439 g/mol. The van der Waals surface area contributed by atoms with Gasteiger partial charge in [0.15, 0.2) is 11.5 Å². The largest absolute Gasteiger partial charge is 0.465 e. The number of carbonyl (C=O) groups is 4. The van der Waals surface area contributed by atoms with Crippen LogP contribution in [0.5, 0.6) is 11.5 Å². The first-order valence-electron chi connectivity index (χ1n) is 9.80. The highest BCUT2D eigenvalue weighted by atomic mass is 16.7. The third-order valence-electron chi connectivity index (χ3n) is 5.23. The van der Waals surface area contributed by atoms with Gasteiger partial charge in [-0.2, -0.15) is 0 Å². The van der Waals surface area contributed by atoms with E-state index in [1.807, 2.05) is 0 Å². The second kappa shape index (κ2) is 8.22. The van der Waals surface area contributed by atoms with Gasteiger partial charge >= 0.3 is 12.0 Å². The second-order valence-electron chi connectivity index (χ2n) is 7.64. The summed E-state index contributed by atoms with van der Waals surface area (Å²) in [5.41, 5.74) is 0.326. The van der Waals surface area contributed by atoms with Crippen molar-refractivity contribution in [2.45, 2.75) is 18.9 Å². The Hall–Kier alpha value is -4.08. The zero-order valence-electron chi connectivity index (χ0n) is 17.5. The van der Waals surface area contributed by atoms with Crippen molar-refractivity contribution in [3.05, 3.63) is 53.6 Å². The van der Waals surface area contributed by atoms with E-state index in [1.54, 1.807) is 25.1 Å². The van der Waals surface area contributed by atoms with Crippen LogP contribution in [0.3, 0.4) is 0 Å². The van der Waals surface area contributed by atoms with Gasteiger partial charge in [-0.25, -0.2) is 9.59 Å². The Labute approximate surface area is 183 Å². The van der Waals surface area contributed by atoms with Crippen molar-refractivity contribution >= 4 is 29.5 Å². The van der Waals surface area contributed by atoms with Gasteiger partial charge in [0.05, 0.1) is 12.7 Å². The highest BCUT2D eigenvalue weighted by molar-refractivity contribution is 6.10. The Bertz CT molecular complexity index is 1100. The lowest BCUT2D eigenvalue weighted by Gasteiger charge is -2.22. The van der Waals surface area contributed by atoms with Crippen molar-refractivity contribution in [3.63, 3.8) is 0 Å². The van der Waals surface area contributed by atoms with E-state index in [-0.39, 0.29) is 13.2 Å². The number of carbonyl (C=O) groups excluding carboxylic acids is 4. The van der Waals surface area contributed by atoms with Crippen LogP contribution >= 0.6 is 0 Å². The van der Waals surface area contributed by atoms with Crippen molar-refractivity contribution < 1.29 is 33.4 Å². The topological polar surface area (TPSA) is 123 Å².